The summed E-state index contributed by atoms with van der Waals surface area (Å²) in [4.78, 5) is 11.3. The molecule has 1 N–H and O–H groups in total. The van der Waals surface area contributed by atoms with Crippen LogP contribution in [-0.2, 0) is 11.3 Å². The van der Waals surface area contributed by atoms with Gasteiger partial charge in [-0.25, -0.2) is 0 Å². The van der Waals surface area contributed by atoms with Gasteiger partial charge in [-0.05, 0) is 12.0 Å². The van der Waals surface area contributed by atoms with Crippen molar-refractivity contribution in [1.29, 1.82) is 0 Å². The Kier molecular flexibility index (Phi) is 4.47. The highest BCUT2D eigenvalue weighted by molar-refractivity contribution is 6.30. The molecule has 3 heteroatoms. The summed E-state index contributed by atoms with van der Waals surface area (Å²) in [5.41, 5.74) is 1.08. The number of hydrogen-bond donors (Lipinski definition) is 1. The molecule has 1 aromatic rings. The summed E-state index contributed by atoms with van der Waals surface area (Å²) in [6.45, 7) is 2.43. The molecule has 0 radical (unpaired) electrons. The van der Waals surface area contributed by atoms with Crippen LogP contribution in [0.25, 0.3) is 0 Å². The molecule has 1 aromatic carbocycles. The highest BCUT2D eigenvalue weighted by Gasteiger charge is 2.11. The highest BCUT2D eigenvalue weighted by Crippen LogP contribution is 2.02. The van der Waals surface area contributed by atoms with Gasteiger partial charge in [0.15, 0.2) is 0 Å². The number of nitrogens with one attached hydrogen (secondary N) is 1. The minimum atomic E-state index is -0.418. The van der Waals surface area contributed by atoms with E-state index in [1.165, 1.54) is 0 Å². The number of rotatable bonds is 4. The van der Waals surface area contributed by atoms with Crippen LogP contribution in [0.4, 0.5) is 0 Å². The summed E-state index contributed by atoms with van der Waals surface area (Å²) in [5, 5.41) is 2.36. The summed E-state index contributed by atoms with van der Waals surface area (Å²) < 4.78 is 0. The summed E-state index contributed by atoms with van der Waals surface area (Å²) in [7, 11) is 0. The van der Waals surface area contributed by atoms with Crippen LogP contribution in [0.15, 0.2) is 30.3 Å². The van der Waals surface area contributed by atoms with Crippen molar-refractivity contribution in [1.82, 2.24) is 5.32 Å². The van der Waals surface area contributed by atoms with Crippen molar-refractivity contribution < 1.29 is 4.79 Å². The molecule has 1 amide bonds. The Morgan fingerprint density at radius 1 is 1.43 bits per heavy atom. The quantitative estimate of drug-likeness (QED) is 0.761. The van der Waals surface area contributed by atoms with Gasteiger partial charge in [0, 0.05) is 6.54 Å². The highest BCUT2D eigenvalue weighted by atomic mass is 35.5. The van der Waals surface area contributed by atoms with E-state index in [4.69, 9.17) is 11.6 Å². The zero-order chi connectivity index (χ0) is 10.4. The lowest BCUT2D eigenvalue weighted by Gasteiger charge is -2.07. The van der Waals surface area contributed by atoms with E-state index in [0.717, 1.165) is 5.56 Å². The lowest BCUT2D eigenvalue weighted by Crippen LogP contribution is -2.30. The van der Waals surface area contributed by atoms with Crippen molar-refractivity contribution in [2.75, 3.05) is 0 Å². The van der Waals surface area contributed by atoms with Crippen LogP contribution in [0, 0.1) is 0 Å². The van der Waals surface area contributed by atoms with Crippen LogP contribution < -0.4 is 5.32 Å². The predicted octanol–water partition coefficient (Wildman–Crippen LogP) is 2.32. The first kappa shape index (κ1) is 11.1. The number of alkyl halides is 1. The fraction of sp³-hybridized carbons (Fsp3) is 0.364. The van der Waals surface area contributed by atoms with Crippen LogP contribution in [-0.4, -0.2) is 11.3 Å². The van der Waals surface area contributed by atoms with Gasteiger partial charge in [0.1, 0.15) is 5.38 Å². The van der Waals surface area contributed by atoms with E-state index in [1.807, 2.05) is 37.3 Å². The maximum Gasteiger partial charge on any atom is 0.238 e. The first-order valence-corrected chi connectivity index (χ1v) is 5.13. The van der Waals surface area contributed by atoms with Crippen molar-refractivity contribution in [3.63, 3.8) is 0 Å². The molecule has 1 rings (SSSR count). The van der Waals surface area contributed by atoms with Gasteiger partial charge < -0.3 is 5.32 Å². The zero-order valence-corrected chi connectivity index (χ0v) is 8.92. The number of hydrogen-bond acceptors (Lipinski definition) is 1. The molecule has 2 nitrogen and oxygen atoms in total. The molecule has 0 aliphatic carbocycles. The lowest BCUT2D eigenvalue weighted by atomic mass is 10.2. The van der Waals surface area contributed by atoms with Gasteiger partial charge in [-0.1, -0.05) is 37.3 Å². The largest absolute Gasteiger partial charge is 0.351 e. The molecule has 0 saturated carbocycles. The van der Waals surface area contributed by atoms with Crippen LogP contribution in [0.2, 0.25) is 0 Å². The standard InChI is InChI=1S/C11H14ClNO/c1-2-10(12)11(14)13-8-9-6-4-3-5-7-9/h3-7,10H,2,8H2,1H3,(H,13,14)/t10-/m0/s1. The second-order valence-electron chi connectivity index (χ2n) is 3.08. The fourth-order valence-electron chi connectivity index (χ4n) is 1.08. The van der Waals surface area contributed by atoms with Gasteiger partial charge in [-0.3, -0.25) is 4.79 Å². The second kappa shape index (κ2) is 5.66. The van der Waals surface area contributed by atoms with E-state index in [2.05, 4.69) is 5.32 Å². The van der Waals surface area contributed by atoms with Crippen molar-refractivity contribution in [2.24, 2.45) is 0 Å². The topological polar surface area (TPSA) is 29.1 Å². The lowest BCUT2D eigenvalue weighted by molar-refractivity contribution is -0.120. The van der Waals surface area contributed by atoms with Gasteiger partial charge in [-0.2, -0.15) is 0 Å². The van der Waals surface area contributed by atoms with Crippen molar-refractivity contribution in [3.8, 4) is 0 Å². The molecule has 0 aliphatic rings. The maximum atomic E-state index is 11.3. The minimum absolute atomic E-state index is 0.0991. The molecular weight excluding hydrogens is 198 g/mol. The van der Waals surface area contributed by atoms with Crippen LogP contribution >= 0.6 is 11.6 Å². The summed E-state index contributed by atoms with van der Waals surface area (Å²) >= 11 is 5.77. The molecule has 0 bridgehead atoms. The maximum absolute atomic E-state index is 11.3. The van der Waals surface area contributed by atoms with Gasteiger partial charge >= 0.3 is 0 Å². The number of halogens is 1. The molecule has 0 aliphatic heterocycles. The smallest absolute Gasteiger partial charge is 0.238 e. The minimum Gasteiger partial charge on any atom is -0.351 e. The summed E-state index contributed by atoms with van der Waals surface area (Å²) in [6, 6.07) is 9.77. The molecular formula is C11H14ClNO. The number of carbonyl (C=O) groups excluding carboxylic acids is 1. The van der Waals surface area contributed by atoms with Crippen molar-refractivity contribution in [2.45, 2.75) is 25.3 Å². The molecule has 76 valence electrons. The van der Waals surface area contributed by atoms with Crippen molar-refractivity contribution >= 4 is 17.5 Å². The van der Waals surface area contributed by atoms with E-state index >= 15 is 0 Å². The molecule has 0 unspecified atom stereocenters. The monoisotopic (exact) mass is 211 g/mol. The number of carbonyl (C=O) groups is 1. The number of amides is 1. The molecule has 0 aromatic heterocycles. The molecule has 0 saturated heterocycles. The summed E-state index contributed by atoms with van der Waals surface area (Å²) in [6.07, 6.45) is 0.655. The van der Waals surface area contributed by atoms with Crippen molar-refractivity contribution in [3.05, 3.63) is 35.9 Å². The van der Waals surface area contributed by atoms with E-state index in [0.29, 0.717) is 13.0 Å². The fourth-order valence-corrected chi connectivity index (χ4v) is 1.16. The molecule has 0 spiro atoms. The Labute approximate surface area is 89.3 Å². The van der Waals surface area contributed by atoms with E-state index < -0.39 is 5.38 Å². The van der Waals surface area contributed by atoms with E-state index in [9.17, 15) is 4.79 Å². The van der Waals surface area contributed by atoms with Crippen LogP contribution in [0.3, 0.4) is 0 Å². The first-order valence-electron chi connectivity index (χ1n) is 4.69. The zero-order valence-electron chi connectivity index (χ0n) is 8.16. The Balaban J connectivity index is 2.38. The van der Waals surface area contributed by atoms with Crippen LogP contribution in [0.1, 0.15) is 18.9 Å². The van der Waals surface area contributed by atoms with Gasteiger partial charge in [0.05, 0.1) is 0 Å². The van der Waals surface area contributed by atoms with Gasteiger partial charge in [-0.15, -0.1) is 11.6 Å². The third-order valence-electron chi connectivity index (χ3n) is 1.95. The predicted molar refractivity (Wildman–Crippen MR) is 58.2 cm³/mol. The molecule has 0 heterocycles. The Morgan fingerprint density at radius 2 is 2.07 bits per heavy atom. The van der Waals surface area contributed by atoms with Gasteiger partial charge in [0.2, 0.25) is 5.91 Å². The van der Waals surface area contributed by atoms with E-state index in [-0.39, 0.29) is 5.91 Å². The average Bonchev–Trinajstić information content (AvgIpc) is 2.26. The van der Waals surface area contributed by atoms with E-state index in [1.54, 1.807) is 0 Å². The first-order chi connectivity index (χ1) is 6.74. The Hall–Kier alpha value is -1.02. The van der Waals surface area contributed by atoms with Crippen LogP contribution in [0.5, 0.6) is 0 Å². The second-order valence-corrected chi connectivity index (χ2v) is 3.61. The Morgan fingerprint density at radius 3 is 2.64 bits per heavy atom. The molecule has 1 atom stereocenters. The van der Waals surface area contributed by atoms with Gasteiger partial charge in [0.25, 0.3) is 0 Å². The average molecular weight is 212 g/mol. The SMILES string of the molecule is CC[C@H](Cl)C(=O)NCc1ccccc1. The Bertz CT molecular complexity index is 287. The molecule has 14 heavy (non-hydrogen) atoms. The normalized spacial score (nSPS) is 12.1. The molecule has 0 fully saturated rings. The summed E-state index contributed by atoms with van der Waals surface area (Å²) in [5.74, 6) is -0.0991. The third kappa shape index (κ3) is 3.38. The number of benzene rings is 1. The third-order valence-corrected chi connectivity index (χ3v) is 2.46.